The third-order valence-corrected chi connectivity index (χ3v) is 2.17. The van der Waals surface area contributed by atoms with E-state index < -0.39 is 0 Å². The second-order valence-corrected chi connectivity index (χ2v) is 3.17. The molecule has 0 saturated heterocycles. The minimum atomic E-state index is 0.362. The average Bonchev–Trinajstić information content (AvgIpc) is 2.31. The Labute approximate surface area is 93.5 Å². The lowest BCUT2D eigenvalue weighted by Crippen LogP contribution is -2.10. The molecule has 0 heterocycles. The highest BCUT2D eigenvalue weighted by Gasteiger charge is 1.97. The first-order valence-corrected chi connectivity index (χ1v) is 4.90. The maximum Gasteiger partial charge on any atom is 0.150 e. The molecule has 1 aromatic rings. The Balaban J connectivity index is 2.54. The second-order valence-electron chi connectivity index (χ2n) is 2.95. The summed E-state index contributed by atoms with van der Waals surface area (Å²) in [5, 5.41) is 0. The largest absolute Gasteiger partial charge is 0.489 e. The summed E-state index contributed by atoms with van der Waals surface area (Å²) in [4.78, 5) is 10.4. The standard InChI is InChI=1S/C11H12ClNO2/c12-5-10(6-13)8-15-11-3-1-9(7-14)2-4-11/h1-5,7H,6,8,13H2/b10-5+. The molecule has 0 saturated carbocycles. The van der Waals surface area contributed by atoms with Crippen LogP contribution in [0.4, 0.5) is 0 Å². The van der Waals surface area contributed by atoms with Crippen molar-refractivity contribution in [1.82, 2.24) is 0 Å². The molecular formula is C11H12ClNO2. The molecule has 0 bridgehead atoms. The smallest absolute Gasteiger partial charge is 0.150 e. The van der Waals surface area contributed by atoms with Crippen LogP contribution in [0.3, 0.4) is 0 Å². The molecule has 80 valence electrons. The number of rotatable bonds is 5. The first kappa shape index (κ1) is 11.8. The van der Waals surface area contributed by atoms with Crippen molar-refractivity contribution < 1.29 is 9.53 Å². The lowest BCUT2D eigenvalue weighted by molar-refractivity contribution is 0.112. The van der Waals surface area contributed by atoms with Crippen molar-refractivity contribution in [3.05, 3.63) is 40.9 Å². The molecule has 0 radical (unpaired) electrons. The van der Waals surface area contributed by atoms with Crippen molar-refractivity contribution >= 4 is 17.9 Å². The van der Waals surface area contributed by atoms with E-state index in [4.69, 9.17) is 22.1 Å². The van der Waals surface area contributed by atoms with E-state index in [2.05, 4.69) is 0 Å². The quantitative estimate of drug-likeness (QED) is 0.780. The molecule has 0 fully saturated rings. The van der Waals surface area contributed by atoms with Gasteiger partial charge >= 0.3 is 0 Å². The Morgan fingerprint density at radius 2 is 2.07 bits per heavy atom. The minimum Gasteiger partial charge on any atom is -0.489 e. The van der Waals surface area contributed by atoms with Crippen LogP contribution in [0.2, 0.25) is 0 Å². The molecule has 0 aliphatic rings. The van der Waals surface area contributed by atoms with Crippen molar-refractivity contribution in [2.45, 2.75) is 0 Å². The highest BCUT2D eigenvalue weighted by molar-refractivity contribution is 6.25. The summed E-state index contributed by atoms with van der Waals surface area (Å²) in [5.41, 5.74) is 8.27. The number of nitrogens with two attached hydrogens (primary N) is 1. The topological polar surface area (TPSA) is 52.3 Å². The normalized spacial score (nSPS) is 11.2. The predicted molar refractivity (Wildman–Crippen MR) is 60.3 cm³/mol. The molecule has 0 aliphatic carbocycles. The average molecular weight is 226 g/mol. The van der Waals surface area contributed by atoms with Crippen molar-refractivity contribution in [1.29, 1.82) is 0 Å². The Kier molecular flexibility index (Phi) is 4.87. The maximum atomic E-state index is 10.4. The van der Waals surface area contributed by atoms with Crippen LogP contribution >= 0.6 is 11.6 Å². The summed E-state index contributed by atoms with van der Waals surface area (Å²) in [5.74, 6) is 0.685. The Morgan fingerprint density at radius 3 is 2.53 bits per heavy atom. The molecule has 4 heteroatoms. The molecule has 0 atom stereocenters. The van der Waals surface area contributed by atoms with Gasteiger partial charge in [0.15, 0.2) is 0 Å². The molecule has 2 N–H and O–H groups in total. The Hall–Kier alpha value is -1.32. The van der Waals surface area contributed by atoms with Gasteiger partial charge in [-0.1, -0.05) is 11.6 Å². The number of carbonyl (C=O) groups is 1. The van der Waals surface area contributed by atoms with E-state index in [0.717, 1.165) is 11.9 Å². The summed E-state index contributed by atoms with van der Waals surface area (Å²) in [6.07, 6.45) is 0.785. The Morgan fingerprint density at radius 1 is 1.40 bits per heavy atom. The van der Waals surface area contributed by atoms with Crippen LogP contribution in [-0.2, 0) is 0 Å². The molecule has 1 aromatic carbocycles. The fraction of sp³-hybridized carbons (Fsp3) is 0.182. The summed E-state index contributed by atoms with van der Waals surface area (Å²) in [7, 11) is 0. The van der Waals surface area contributed by atoms with Crippen molar-refractivity contribution in [3.8, 4) is 5.75 Å². The summed E-state index contributed by atoms with van der Waals surface area (Å²) in [6.45, 7) is 0.732. The molecule has 0 aliphatic heterocycles. The van der Waals surface area contributed by atoms with Gasteiger partial charge in [0.25, 0.3) is 0 Å². The SMILES string of the molecule is NC/C(=C\Cl)COc1ccc(C=O)cc1. The van der Waals surface area contributed by atoms with Crippen molar-refractivity contribution in [2.24, 2.45) is 5.73 Å². The fourth-order valence-electron chi connectivity index (χ4n) is 0.954. The van der Waals surface area contributed by atoms with Crippen LogP contribution < -0.4 is 10.5 Å². The predicted octanol–water partition coefficient (Wildman–Crippen LogP) is 1.96. The second kappa shape index (κ2) is 6.22. The fourth-order valence-corrected chi connectivity index (χ4v) is 1.11. The van der Waals surface area contributed by atoms with Gasteiger partial charge in [-0.15, -0.1) is 0 Å². The summed E-state index contributed by atoms with van der Waals surface area (Å²) >= 11 is 5.51. The molecular weight excluding hydrogens is 214 g/mol. The van der Waals surface area contributed by atoms with Crippen LogP contribution in [0.25, 0.3) is 0 Å². The van der Waals surface area contributed by atoms with Gasteiger partial charge in [-0.2, -0.15) is 0 Å². The van der Waals surface area contributed by atoms with Gasteiger partial charge in [0.1, 0.15) is 18.6 Å². The zero-order valence-electron chi connectivity index (χ0n) is 8.15. The molecule has 0 amide bonds. The van der Waals surface area contributed by atoms with Crippen LogP contribution in [0, 0.1) is 0 Å². The van der Waals surface area contributed by atoms with Crippen LogP contribution in [-0.4, -0.2) is 19.4 Å². The zero-order chi connectivity index (χ0) is 11.1. The van der Waals surface area contributed by atoms with Gasteiger partial charge in [-0.25, -0.2) is 0 Å². The van der Waals surface area contributed by atoms with Gasteiger partial charge in [0.05, 0.1) is 0 Å². The van der Waals surface area contributed by atoms with Crippen molar-refractivity contribution in [2.75, 3.05) is 13.2 Å². The van der Waals surface area contributed by atoms with Gasteiger partial charge in [0.2, 0.25) is 0 Å². The van der Waals surface area contributed by atoms with Crippen LogP contribution in [0.5, 0.6) is 5.75 Å². The number of benzene rings is 1. The van der Waals surface area contributed by atoms with E-state index in [1.165, 1.54) is 5.54 Å². The van der Waals surface area contributed by atoms with E-state index >= 15 is 0 Å². The zero-order valence-corrected chi connectivity index (χ0v) is 8.91. The van der Waals surface area contributed by atoms with Gasteiger partial charge in [-0.3, -0.25) is 4.79 Å². The summed E-state index contributed by atoms with van der Waals surface area (Å²) < 4.78 is 5.40. The van der Waals surface area contributed by atoms with Gasteiger partial charge < -0.3 is 10.5 Å². The van der Waals surface area contributed by atoms with Gasteiger partial charge in [0, 0.05) is 17.6 Å². The number of hydrogen-bond acceptors (Lipinski definition) is 3. The lowest BCUT2D eigenvalue weighted by Gasteiger charge is -2.07. The molecule has 3 nitrogen and oxygen atoms in total. The lowest BCUT2D eigenvalue weighted by atomic mass is 10.2. The highest BCUT2D eigenvalue weighted by atomic mass is 35.5. The molecule has 0 aromatic heterocycles. The monoisotopic (exact) mass is 225 g/mol. The number of hydrogen-bond donors (Lipinski definition) is 1. The molecule has 0 unspecified atom stereocenters. The Bertz CT molecular complexity index is 346. The maximum absolute atomic E-state index is 10.4. The third-order valence-electron chi connectivity index (χ3n) is 1.86. The van der Waals surface area contributed by atoms with E-state index in [1.807, 2.05) is 0 Å². The third kappa shape index (κ3) is 3.73. The number of aldehydes is 1. The number of halogens is 1. The van der Waals surface area contributed by atoms with Gasteiger partial charge in [-0.05, 0) is 29.8 Å². The van der Waals surface area contributed by atoms with Crippen LogP contribution in [0.1, 0.15) is 10.4 Å². The molecule has 0 spiro atoms. The van der Waals surface area contributed by atoms with E-state index in [1.54, 1.807) is 24.3 Å². The number of carbonyl (C=O) groups excluding carboxylic acids is 1. The van der Waals surface area contributed by atoms with E-state index in [-0.39, 0.29) is 0 Å². The van der Waals surface area contributed by atoms with E-state index in [0.29, 0.717) is 24.5 Å². The first-order valence-electron chi connectivity index (χ1n) is 4.46. The number of ether oxygens (including phenoxy) is 1. The summed E-state index contributed by atoms with van der Waals surface area (Å²) in [6, 6.07) is 6.84. The molecule has 1 rings (SSSR count). The molecule has 15 heavy (non-hydrogen) atoms. The van der Waals surface area contributed by atoms with Crippen LogP contribution in [0.15, 0.2) is 35.4 Å². The minimum absolute atomic E-state index is 0.362. The highest BCUT2D eigenvalue weighted by Crippen LogP contribution is 2.12. The van der Waals surface area contributed by atoms with E-state index in [9.17, 15) is 4.79 Å². The first-order chi connectivity index (χ1) is 7.30. The van der Waals surface area contributed by atoms with Crippen molar-refractivity contribution in [3.63, 3.8) is 0 Å².